The molecule has 0 spiro atoms. The van der Waals surface area contributed by atoms with E-state index in [1.807, 2.05) is 12.4 Å². The lowest BCUT2D eigenvalue weighted by molar-refractivity contribution is 1.15. The number of nitrogens with zero attached hydrogens (tertiary/aromatic N) is 5. The molecule has 5 heterocycles. The van der Waals surface area contributed by atoms with Crippen LogP contribution in [-0.2, 0) is 0 Å². The van der Waals surface area contributed by atoms with Gasteiger partial charge in [-0.1, -0.05) is 78.9 Å². The number of para-hydroxylation sites is 5. The minimum absolute atomic E-state index is 0.960. The first-order valence-electron chi connectivity index (χ1n) is 15.9. The molecule has 0 radical (unpaired) electrons. The summed E-state index contributed by atoms with van der Waals surface area (Å²) in [5.74, 6) is 0. The van der Waals surface area contributed by atoms with Crippen LogP contribution in [0.4, 0.5) is 0 Å². The number of benzene rings is 6. The van der Waals surface area contributed by atoms with E-state index in [1.54, 1.807) is 0 Å². The van der Waals surface area contributed by atoms with Crippen molar-refractivity contribution in [2.45, 2.75) is 0 Å². The van der Waals surface area contributed by atoms with Crippen LogP contribution >= 0.6 is 0 Å². The zero-order chi connectivity index (χ0) is 30.6. The summed E-state index contributed by atoms with van der Waals surface area (Å²) in [6, 6.07) is 50.1. The van der Waals surface area contributed by atoms with Crippen LogP contribution in [0.3, 0.4) is 0 Å². The maximum absolute atomic E-state index is 5.21. The van der Waals surface area contributed by atoms with Crippen LogP contribution in [0.5, 0.6) is 0 Å². The van der Waals surface area contributed by atoms with E-state index in [-0.39, 0.29) is 0 Å². The van der Waals surface area contributed by atoms with E-state index in [1.165, 1.54) is 38.1 Å². The Morgan fingerprint density at radius 2 is 1.04 bits per heavy atom. The van der Waals surface area contributed by atoms with Crippen LogP contribution in [0.2, 0.25) is 0 Å². The minimum Gasteiger partial charge on any atom is -0.307 e. The lowest BCUT2D eigenvalue weighted by Crippen LogP contribution is -1.98. The van der Waals surface area contributed by atoms with Gasteiger partial charge in [-0.25, -0.2) is 4.98 Å². The summed E-state index contributed by atoms with van der Waals surface area (Å²) in [4.78, 5) is 9.81. The fourth-order valence-corrected chi connectivity index (χ4v) is 7.93. The van der Waals surface area contributed by atoms with Crippen LogP contribution < -0.4 is 0 Å². The van der Waals surface area contributed by atoms with Crippen molar-refractivity contribution in [2.24, 2.45) is 0 Å². The molecule has 5 aromatic heterocycles. The minimum atomic E-state index is 0.960. The molecule has 0 aliphatic carbocycles. The lowest BCUT2D eigenvalue weighted by Gasteiger charge is -2.13. The predicted octanol–water partition coefficient (Wildman–Crippen LogP) is 10.4. The van der Waals surface area contributed by atoms with Gasteiger partial charge in [-0.2, -0.15) is 0 Å². The number of aromatic nitrogens is 5. The summed E-state index contributed by atoms with van der Waals surface area (Å²) in [5.41, 5.74) is 11.1. The van der Waals surface area contributed by atoms with Gasteiger partial charge in [0, 0.05) is 56.1 Å². The van der Waals surface area contributed by atoms with Crippen molar-refractivity contribution in [2.75, 3.05) is 0 Å². The highest BCUT2D eigenvalue weighted by Crippen LogP contribution is 2.44. The van der Waals surface area contributed by atoms with E-state index in [0.29, 0.717) is 0 Å². The summed E-state index contributed by atoms with van der Waals surface area (Å²) in [5, 5.41) is 8.24. The fraction of sp³-hybridized carbons (Fsp3) is 0. The molecule has 47 heavy (non-hydrogen) atoms. The second-order valence-corrected chi connectivity index (χ2v) is 12.3. The molecule has 11 rings (SSSR count). The molecular formula is C42H25N5. The maximum atomic E-state index is 5.21. The Morgan fingerprint density at radius 3 is 1.81 bits per heavy atom. The molecule has 6 aromatic carbocycles. The van der Waals surface area contributed by atoms with Crippen molar-refractivity contribution < 1.29 is 0 Å². The zero-order valence-corrected chi connectivity index (χ0v) is 25.2. The Morgan fingerprint density at radius 1 is 0.404 bits per heavy atom. The molecule has 0 atom stereocenters. The van der Waals surface area contributed by atoms with Crippen molar-refractivity contribution >= 4 is 82.0 Å². The van der Waals surface area contributed by atoms with E-state index < -0.39 is 0 Å². The molecule has 0 aliphatic rings. The SMILES string of the molecule is c1ccc(-n2c3ccccc3c3ccc4c5cc6c(cc5n(-c5ccccc5)c4c32)c2cnccc2n2c3ccccc3nc62)cc1. The largest absolute Gasteiger partial charge is 0.307 e. The highest BCUT2D eigenvalue weighted by atomic mass is 15.0. The molecule has 0 N–H and O–H groups in total. The van der Waals surface area contributed by atoms with Crippen LogP contribution in [0, 0.1) is 0 Å². The van der Waals surface area contributed by atoms with Crippen LogP contribution in [-0.4, -0.2) is 23.5 Å². The molecule has 11 aromatic rings. The molecule has 0 fully saturated rings. The van der Waals surface area contributed by atoms with Gasteiger partial charge in [0.2, 0.25) is 0 Å². The Kier molecular flexibility index (Phi) is 4.78. The second-order valence-electron chi connectivity index (χ2n) is 12.3. The average molecular weight is 600 g/mol. The third-order valence-corrected chi connectivity index (χ3v) is 9.86. The van der Waals surface area contributed by atoms with Crippen LogP contribution in [0.15, 0.2) is 152 Å². The summed E-state index contributed by atoms with van der Waals surface area (Å²) in [6.45, 7) is 0. The van der Waals surface area contributed by atoms with Gasteiger partial charge < -0.3 is 9.13 Å². The third-order valence-electron chi connectivity index (χ3n) is 9.86. The molecular weight excluding hydrogens is 574 g/mol. The van der Waals surface area contributed by atoms with Gasteiger partial charge >= 0.3 is 0 Å². The number of imidazole rings is 1. The number of rotatable bonds is 2. The average Bonchev–Trinajstić information content (AvgIpc) is 3.80. The van der Waals surface area contributed by atoms with Crippen LogP contribution in [0.1, 0.15) is 0 Å². The molecule has 5 heteroatoms. The Labute approximate surface area is 268 Å². The number of hydrogen-bond donors (Lipinski definition) is 0. The van der Waals surface area contributed by atoms with Gasteiger partial charge in [0.25, 0.3) is 0 Å². The summed E-state index contributed by atoms with van der Waals surface area (Å²) < 4.78 is 7.19. The Balaban J connectivity index is 1.42. The number of hydrogen-bond acceptors (Lipinski definition) is 2. The van der Waals surface area contributed by atoms with E-state index >= 15 is 0 Å². The first-order chi connectivity index (χ1) is 23.3. The highest BCUT2D eigenvalue weighted by molar-refractivity contribution is 6.27. The lowest BCUT2D eigenvalue weighted by atomic mass is 10.0. The smallest absolute Gasteiger partial charge is 0.146 e. The highest BCUT2D eigenvalue weighted by Gasteiger charge is 2.23. The van der Waals surface area contributed by atoms with Crippen molar-refractivity contribution in [3.63, 3.8) is 0 Å². The second kappa shape index (κ2) is 9.05. The maximum Gasteiger partial charge on any atom is 0.146 e. The van der Waals surface area contributed by atoms with Crippen molar-refractivity contribution in [1.29, 1.82) is 0 Å². The molecule has 0 saturated heterocycles. The molecule has 0 saturated carbocycles. The topological polar surface area (TPSA) is 40.0 Å². The first kappa shape index (κ1) is 24.8. The van der Waals surface area contributed by atoms with Crippen molar-refractivity contribution in [3.05, 3.63) is 152 Å². The summed E-state index contributed by atoms with van der Waals surface area (Å²) in [6.07, 6.45) is 3.87. The van der Waals surface area contributed by atoms with E-state index in [4.69, 9.17) is 4.98 Å². The van der Waals surface area contributed by atoms with Gasteiger partial charge in [0.15, 0.2) is 0 Å². The van der Waals surface area contributed by atoms with Crippen molar-refractivity contribution in [3.8, 4) is 11.4 Å². The molecule has 0 unspecified atom stereocenters. The monoisotopic (exact) mass is 599 g/mol. The van der Waals surface area contributed by atoms with E-state index in [9.17, 15) is 0 Å². The normalized spacial score (nSPS) is 12.3. The zero-order valence-electron chi connectivity index (χ0n) is 25.2. The molecule has 218 valence electrons. The number of pyridine rings is 2. The standard InChI is InChI=1S/C42H25N5/c1-3-11-26(12-4-1)45-36-17-9-7-15-28(36)29-19-20-30-32-23-33-31(24-39(32)46(41(30)40(29)45)27-13-5-2-6-14-27)34-25-43-22-21-37(34)47-38-18-10-8-16-35(38)44-42(33)47/h1-25H. The molecule has 0 aliphatic heterocycles. The van der Waals surface area contributed by atoms with E-state index in [0.717, 1.165) is 55.2 Å². The Bertz CT molecular complexity index is 3060. The van der Waals surface area contributed by atoms with E-state index in [2.05, 4.69) is 158 Å². The van der Waals surface area contributed by atoms with Gasteiger partial charge in [0.05, 0.1) is 38.6 Å². The van der Waals surface area contributed by atoms with Gasteiger partial charge in [0.1, 0.15) is 5.65 Å². The quantitative estimate of drug-likeness (QED) is 0.186. The summed E-state index contributed by atoms with van der Waals surface area (Å²) >= 11 is 0. The van der Waals surface area contributed by atoms with Crippen molar-refractivity contribution in [1.82, 2.24) is 23.5 Å². The van der Waals surface area contributed by atoms with Crippen LogP contribution in [0.25, 0.3) is 93.3 Å². The summed E-state index contributed by atoms with van der Waals surface area (Å²) in [7, 11) is 0. The van der Waals surface area contributed by atoms with Gasteiger partial charge in [-0.3, -0.25) is 9.38 Å². The number of fused-ring (bicyclic) bond motifs is 15. The van der Waals surface area contributed by atoms with Gasteiger partial charge in [-0.05, 0) is 66.0 Å². The fourth-order valence-electron chi connectivity index (χ4n) is 7.93. The first-order valence-corrected chi connectivity index (χ1v) is 15.9. The van der Waals surface area contributed by atoms with Gasteiger partial charge in [-0.15, -0.1) is 0 Å². The molecule has 0 amide bonds. The molecule has 5 nitrogen and oxygen atoms in total. The molecule has 0 bridgehead atoms. The third kappa shape index (κ3) is 3.22. The predicted molar refractivity (Wildman–Crippen MR) is 194 cm³/mol. The Hall–Kier alpha value is -6.46.